The summed E-state index contributed by atoms with van der Waals surface area (Å²) in [5.74, 6) is 0. The molecule has 5 rings (SSSR count). The van der Waals surface area contributed by atoms with Crippen LogP contribution in [0.5, 0.6) is 0 Å². The van der Waals surface area contributed by atoms with Crippen molar-refractivity contribution in [2.75, 3.05) is 30.3 Å². The predicted octanol–water partition coefficient (Wildman–Crippen LogP) is 6.22. The van der Waals surface area contributed by atoms with Gasteiger partial charge in [-0.25, -0.2) is 4.21 Å². The van der Waals surface area contributed by atoms with E-state index in [-0.39, 0.29) is 5.37 Å². The molecule has 2 aliphatic heterocycles. The Hall–Kier alpha value is -3.16. The van der Waals surface area contributed by atoms with Crippen LogP contribution in [-0.4, -0.2) is 30.2 Å². The van der Waals surface area contributed by atoms with E-state index in [4.69, 9.17) is 0 Å². The molecule has 3 N–H and O–H groups in total. The van der Waals surface area contributed by atoms with Crippen molar-refractivity contribution in [2.24, 2.45) is 0 Å². The van der Waals surface area contributed by atoms with E-state index in [0.717, 1.165) is 57.7 Å². The van der Waals surface area contributed by atoms with Crippen molar-refractivity contribution in [3.63, 3.8) is 0 Å². The second-order valence-electron chi connectivity index (χ2n) is 9.17. The molecule has 0 aliphatic carbocycles. The average molecular weight is 517 g/mol. The summed E-state index contributed by atoms with van der Waals surface area (Å²) in [4.78, 5) is 2.86. The van der Waals surface area contributed by atoms with Gasteiger partial charge in [0.1, 0.15) is 5.37 Å². The van der Waals surface area contributed by atoms with Gasteiger partial charge >= 0.3 is 0 Å². The molecule has 2 aliphatic rings. The van der Waals surface area contributed by atoms with Crippen LogP contribution < -0.4 is 20.3 Å². The summed E-state index contributed by atoms with van der Waals surface area (Å²) < 4.78 is 16.5. The van der Waals surface area contributed by atoms with Gasteiger partial charge < -0.3 is 20.3 Å². The molecule has 2 atom stereocenters. The Kier molecular flexibility index (Phi) is 7.39. The average Bonchev–Trinajstić information content (AvgIpc) is 3.39. The SMILES string of the molecule is CCCC1=CC(C2NC(c3ccc(NS(=O)c4cccc5c(N(C)C)cccc45)cc3)=CS2)=CCN1. The van der Waals surface area contributed by atoms with Gasteiger partial charge in [0.25, 0.3) is 0 Å². The van der Waals surface area contributed by atoms with Crippen LogP contribution in [0, 0.1) is 0 Å². The summed E-state index contributed by atoms with van der Waals surface area (Å²) >= 11 is 1.81. The van der Waals surface area contributed by atoms with Crippen LogP contribution >= 0.6 is 11.8 Å². The number of benzene rings is 3. The molecule has 3 aromatic rings. The third-order valence-electron chi connectivity index (χ3n) is 6.39. The minimum absolute atomic E-state index is 0.234. The first-order chi connectivity index (χ1) is 17.5. The van der Waals surface area contributed by atoms with Gasteiger partial charge in [0, 0.05) is 54.2 Å². The number of dihydropyridines is 1. The summed E-state index contributed by atoms with van der Waals surface area (Å²) in [5, 5.41) is 11.6. The highest BCUT2D eigenvalue weighted by atomic mass is 32.2. The first kappa shape index (κ1) is 24.5. The number of rotatable bonds is 8. The minimum Gasteiger partial charge on any atom is -0.385 e. The second kappa shape index (κ2) is 10.8. The molecule has 0 fully saturated rings. The summed E-state index contributed by atoms with van der Waals surface area (Å²) in [6, 6.07) is 20.2. The van der Waals surface area contributed by atoms with Crippen LogP contribution in [-0.2, 0) is 11.0 Å². The third-order valence-corrected chi connectivity index (χ3v) is 8.60. The Morgan fingerprint density at radius 3 is 2.61 bits per heavy atom. The van der Waals surface area contributed by atoms with Crippen molar-refractivity contribution in [3.8, 4) is 0 Å². The van der Waals surface area contributed by atoms with Crippen molar-refractivity contribution >= 4 is 50.6 Å². The van der Waals surface area contributed by atoms with Crippen molar-refractivity contribution in [1.29, 1.82) is 0 Å². The van der Waals surface area contributed by atoms with Crippen LogP contribution in [0.15, 0.2) is 94.4 Å². The van der Waals surface area contributed by atoms with E-state index in [1.165, 1.54) is 11.3 Å². The van der Waals surface area contributed by atoms with Gasteiger partial charge in [-0.3, -0.25) is 0 Å². The number of nitrogens with zero attached hydrogens (tertiary/aromatic N) is 1. The summed E-state index contributed by atoms with van der Waals surface area (Å²) in [6.45, 7) is 3.10. The van der Waals surface area contributed by atoms with E-state index in [1.54, 1.807) is 11.8 Å². The zero-order valence-corrected chi connectivity index (χ0v) is 22.5. The number of hydrogen-bond acceptors (Lipinski definition) is 5. The van der Waals surface area contributed by atoms with Gasteiger partial charge in [0.05, 0.1) is 4.90 Å². The van der Waals surface area contributed by atoms with Crippen LogP contribution in [0.3, 0.4) is 0 Å². The number of allylic oxidation sites excluding steroid dienone is 1. The van der Waals surface area contributed by atoms with E-state index >= 15 is 0 Å². The molecule has 7 heteroatoms. The van der Waals surface area contributed by atoms with Gasteiger partial charge in [-0.15, -0.1) is 11.8 Å². The second-order valence-corrected chi connectivity index (χ2v) is 11.3. The van der Waals surface area contributed by atoms with E-state index in [1.807, 2.05) is 50.5 Å². The molecule has 5 nitrogen and oxygen atoms in total. The molecule has 0 bridgehead atoms. The summed E-state index contributed by atoms with van der Waals surface area (Å²) in [5.41, 5.74) is 6.82. The number of thioether (sulfide) groups is 1. The van der Waals surface area contributed by atoms with E-state index < -0.39 is 11.0 Å². The molecule has 0 saturated heterocycles. The van der Waals surface area contributed by atoms with Gasteiger partial charge in [0.15, 0.2) is 11.0 Å². The molecule has 0 radical (unpaired) electrons. The zero-order valence-electron chi connectivity index (χ0n) is 20.9. The highest BCUT2D eigenvalue weighted by Gasteiger charge is 2.22. The van der Waals surface area contributed by atoms with Gasteiger partial charge in [0.2, 0.25) is 0 Å². The fraction of sp³-hybridized carbons (Fsp3) is 0.241. The lowest BCUT2D eigenvalue weighted by Crippen LogP contribution is -2.26. The highest BCUT2D eigenvalue weighted by Crippen LogP contribution is 2.34. The predicted molar refractivity (Wildman–Crippen MR) is 156 cm³/mol. The van der Waals surface area contributed by atoms with E-state index in [9.17, 15) is 4.21 Å². The molecular weight excluding hydrogens is 484 g/mol. The maximum atomic E-state index is 13.3. The summed E-state index contributed by atoms with van der Waals surface area (Å²) in [7, 11) is 2.67. The Balaban J connectivity index is 1.27. The Morgan fingerprint density at radius 1 is 1.06 bits per heavy atom. The number of fused-ring (bicyclic) bond motifs is 1. The normalized spacial score (nSPS) is 18.0. The fourth-order valence-electron chi connectivity index (χ4n) is 4.58. The molecule has 36 heavy (non-hydrogen) atoms. The lowest BCUT2D eigenvalue weighted by atomic mass is 10.1. The minimum atomic E-state index is -1.38. The lowest BCUT2D eigenvalue weighted by Gasteiger charge is -2.21. The van der Waals surface area contributed by atoms with Crippen LogP contribution in [0.2, 0.25) is 0 Å². The highest BCUT2D eigenvalue weighted by molar-refractivity contribution is 8.03. The lowest BCUT2D eigenvalue weighted by molar-refractivity contribution is 0.687. The van der Waals surface area contributed by atoms with Crippen molar-refractivity contribution < 1.29 is 4.21 Å². The number of nitrogens with one attached hydrogen (secondary N) is 3. The maximum Gasteiger partial charge on any atom is 0.150 e. The Morgan fingerprint density at radius 2 is 1.83 bits per heavy atom. The van der Waals surface area contributed by atoms with E-state index in [2.05, 4.69) is 69.0 Å². The fourth-order valence-corrected chi connectivity index (χ4v) is 6.61. The monoisotopic (exact) mass is 516 g/mol. The van der Waals surface area contributed by atoms with Crippen molar-refractivity contribution in [2.45, 2.75) is 30.0 Å². The van der Waals surface area contributed by atoms with Crippen LogP contribution in [0.4, 0.5) is 11.4 Å². The molecule has 3 aromatic carbocycles. The standard InChI is InChI=1S/C29H32N4OS2/c1-4-7-23-18-21(16-17-30-23)29-31-26(19-35-29)20-12-14-22(15-13-20)32-36(34)28-11-6-8-24-25(28)9-5-10-27(24)33(2)3/h5-6,8-16,18-19,29-32H,4,7,17H2,1-3H3. The smallest absolute Gasteiger partial charge is 0.150 e. The van der Waals surface area contributed by atoms with Crippen LogP contribution in [0.1, 0.15) is 25.3 Å². The molecular formula is C29H32N4OS2. The largest absolute Gasteiger partial charge is 0.385 e. The molecule has 0 spiro atoms. The van der Waals surface area contributed by atoms with E-state index in [0.29, 0.717) is 0 Å². The quantitative estimate of drug-likeness (QED) is 0.332. The Labute approximate surface area is 220 Å². The van der Waals surface area contributed by atoms with Gasteiger partial charge in [-0.05, 0) is 53.3 Å². The molecule has 186 valence electrons. The molecule has 0 aromatic heterocycles. The van der Waals surface area contributed by atoms with Crippen molar-refractivity contribution in [1.82, 2.24) is 10.6 Å². The molecule has 2 heterocycles. The molecule has 0 amide bonds. The molecule has 0 saturated carbocycles. The first-order valence-electron chi connectivity index (χ1n) is 12.3. The zero-order chi connectivity index (χ0) is 25.1. The Bertz CT molecular complexity index is 1380. The third kappa shape index (κ3) is 5.18. The summed E-state index contributed by atoms with van der Waals surface area (Å²) in [6.07, 6.45) is 6.77. The topological polar surface area (TPSA) is 56.4 Å². The van der Waals surface area contributed by atoms with Crippen molar-refractivity contribution in [3.05, 3.63) is 95.1 Å². The van der Waals surface area contributed by atoms with Gasteiger partial charge in [-0.2, -0.15) is 0 Å². The maximum absolute atomic E-state index is 13.3. The number of hydrogen-bond donors (Lipinski definition) is 3. The number of anilines is 2. The molecule has 2 unspecified atom stereocenters. The van der Waals surface area contributed by atoms with Gasteiger partial charge in [-0.1, -0.05) is 55.8 Å². The van der Waals surface area contributed by atoms with Crippen LogP contribution in [0.25, 0.3) is 16.5 Å². The first-order valence-corrected chi connectivity index (χ1v) is 14.4.